The van der Waals surface area contributed by atoms with Crippen molar-refractivity contribution in [1.82, 2.24) is 15.1 Å². The molecule has 0 radical (unpaired) electrons. The van der Waals surface area contributed by atoms with Gasteiger partial charge in [-0.1, -0.05) is 18.2 Å². The normalized spacial score (nSPS) is 16.6. The van der Waals surface area contributed by atoms with Crippen molar-refractivity contribution >= 4 is 11.9 Å². The second-order valence-corrected chi connectivity index (χ2v) is 5.98. The first-order chi connectivity index (χ1) is 11.7. The van der Waals surface area contributed by atoms with Crippen LogP contribution in [0.5, 0.6) is 0 Å². The maximum Gasteiger partial charge on any atom is 0.416 e. The molecule has 1 saturated heterocycles. The number of carbonyl (C=O) groups is 2. The van der Waals surface area contributed by atoms with Crippen LogP contribution in [0, 0.1) is 0 Å². The van der Waals surface area contributed by atoms with Crippen molar-refractivity contribution in [3.8, 4) is 0 Å². The van der Waals surface area contributed by atoms with Gasteiger partial charge < -0.3 is 10.6 Å². The van der Waals surface area contributed by atoms with Gasteiger partial charge in [-0.2, -0.15) is 13.2 Å². The molecule has 0 atom stereocenters. The summed E-state index contributed by atoms with van der Waals surface area (Å²) in [5.74, 6) is -0.418. The maximum atomic E-state index is 12.7. The molecule has 138 valence electrons. The molecule has 0 aromatic heterocycles. The molecule has 0 spiro atoms. The molecule has 2 rings (SSSR count). The topological polar surface area (TPSA) is 78.7 Å². The molecular weight excluding hydrogens is 337 g/mol. The fraction of sp³-hybridized carbons (Fsp3) is 0.500. The lowest BCUT2D eigenvalue weighted by molar-refractivity contribution is -0.137. The molecule has 1 heterocycles. The van der Waals surface area contributed by atoms with E-state index in [1.807, 2.05) is 5.32 Å². The summed E-state index contributed by atoms with van der Waals surface area (Å²) in [5, 5.41) is 2.01. The van der Waals surface area contributed by atoms with Gasteiger partial charge >= 0.3 is 12.2 Å². The molecule has 0 aliphatic carbocycles. The second kappa shape index (κ2) is 8.30. The minimum absolute atomic E-state index is 0.177. The van der Waals surface area contributed by atoms with Crippen LogP contribution in [-0.2, 0) is 17.5 Å². The Labute approximate surface area is 143 Å². The van der Waals surface area contributed by atoms with Gasteiger partial charge in [0, 0.05) is 45.7 Å². The number of piperazine rings is 1. The van der Waals surface area contributed by atoms with Crippen LogP contribution in [0.4, 0.5) is 18.0 Å². The third kappa shape index (κ3) is 6.35. The number of nitrogens with two attached hydrogens (primary N) is 1. The van der Waals surface area contributed by atoms with Gasteiger partial charge in [-0.25, -0.2) is 4.79 Å². The number of nitrogens with one attached hydrogen (secondary N) is 1. The smallest absolute Gasteiger partial charge is 0.351 e. The number of hydrogen-bond donors (Lipinski definition) is 2. The molecular formula is C16H21F3N4O2. The molecule has 6 nitrogen and oxygen atoms in total. The number of urea groups is 1. The minimum atomic E-state index is -4.33. The summed E-state index contributed by atoms with van der Waals surface area (Å²) >= 11 is 0. The van der Waals surface area contributed by atoms with Gasteiger partial charge in [0.05, 0.1) is 5.56 Å². The van der Waals surface area contributed by atoms with Gasteiger partial charge in [-0.05, 0) is 11.6 Å². The van der Waals surface area contributed by atoms with Gasteiger partial charge in [0.1, 0.15) is 0 Å². The number of rotatable bonds is 5. The summed E-state index contributed by atoms with van der Waals surface area (Å²) in [6.07, 6.45) is -4.16. The number of primary amides is 1. The summed E-state index contributed by atoms with van der Waals surface area (Å²) in [5.41, 5.74) is 4.86. The number of alkyl halides is 3. The van der Waals surface area contributed by atoms with Crippen LogP contribution in [0.1, 0.15) is 17.5 Å². The summed E-state index contributed by atoms with van der Waals surface area (Å²) < 4.78 is 38.2. The SMILES string of the molecule is NC(=O)NC(=O)CCN1CCN(Cc2cccc(C(F)(F)F)c2)CC1. The van der Waals surface area contributed by atoms with Gasteiger partial charge in [0.2, 0.25) is 5.91 Å². The van der Waals surface area contributed by atoms with E-state index in [0.29, 0.717) is 44.8 Å². The number of imide groups is 1. The quantitative estimate of drug-likeness (QED) is 0.834. The average Bonchev–Trinajstić information content (AvgIpc) is 2.53. The van der Waals surface area contributed by atoms with Crippen molar-refractivity contribution in [3.63, 3.8) is 0 Å². The van der Waals surface area contributed by atoms with Crippen molar-refractivity contribution in [1.29, 1.82) is 0 Å². The highest BCUT2D eigenvalue weighted by atomic mass is 19.4. The molecule has 9 heteroatoms. The van der Waals surface area contributed by atoms with Crippen LogP contribution in [0.25, 0.3) is 0 Å². The zero-order valence-electron chi connectivity index (χ0n) is 13.7. The van der Waals surface area contributed by atoms with E-state index in [1.54, 1.807) is 6.07 Å². The molecule has 0 saturated carbocycles. The minimum Gasteiger partial charge on any atom is -0.351 e. The van der Waals surface area contributed by atoms with Crippen LogP contribution >= 0.6 is 0 Å². The summed E-state index contributed by atoms with van der Waals surface area (Å²) in [4.78, 5) is 26.1. The molecule has 0 unspecified atom stereocenters. The largest absolute Gasteiger partial charge is 0.416 e. The first-order valence-corrected chi connectivity index (χ1v) is 7.94. The lowest BCUT2D eigenvalue weighted by atomic mass is 10.1. The Morgan fingerprint density at radius 3 is 2.36 bits per heavy atom. The highest BCUT2D eigenvalue weighted by molar-refractivity contribution is 5.93. The zero-order chi connectivity index (χ0) is 18.4. The van der Waals surface area contributed by atoms with E-state index in [-0.39, 0.29) is 6.42 Å². The lowest BCUT2D eigenvalue weighted by Crippen LogP contribution is -2.47. The Bertz CT molecular complexity index is 614. The molecule has 1 aliphatic heterocycles. The standard InChI is InChI=1S/C16H21F3N4O2/c17-16(18,19)13-3-1-2-12(10-13)11-23-8-6-22(7-9-23)5-4-14(24)21-15(20)25/h1-3,10H,4-9,11H2,(H3,20,21,24,25). The van der Waals surface area contributed by atoms with Crippen molar-refractivity contribution in [2.45, 2.75) is 19.1 Å². The van der Waals surface area contributed by atoms with E-state index in [1.165, 1.54) is 12.1 Å². The van der Waals surface area contributed by atoms with E-state index in [0.717, 1.165) is 6.07 Å². The Kier molecular flexibility index (Phi) is 6.38. The number of amides is 3. The maximum absolute atomic E-state index is 12.7. The Morgan fingerprint density at radius 1 is 1.12 bits per heavy atom. The van der Waals surface area contributed by atoms with Crippen LogP contribution in [-0.4, -0.2) is 54.5 Å². The summed E-state index contributed by atoms with van der Waals surface area (Å²) in [6, 6.07) is 4.50. The molecule has 3 amide bonds. The Morgan fingerprint density at radius 2 is 1.76 bits per heavy atom. The first kappa shape index (κ1) is 19.2. The predicted molar refractivity (Wildman–Crippen MR) is 85.5 cm³/mol. The van der Waals surface area contributed by atoms with E-state index < -0.39 is 23.7 Å². The van der Waals surface area contributed by atoms with Crippen molar-refractivity contribution < 1.29 is 22.8 Å². The average molecular weight is 358 g/mol. The van der Waals surface area contributed by atoms with Crippen molar-refractivity contribution in [2.24, 2.45) is 5.73 Å². The zero-order valence-corrected chi connectivity index (χ0v) is 13.7. The van der Waals surface area contributed by atoms with Gasteiger partial charge in [-0.3, -0.25) is 15.0 Å². The Balaban J connectivity index is 1.77. The number of hydrogen-bond acceptors (Lipinski definition) is 4. The van der Waals surface area contributed by atoms with E-state index >= 15 is 0 Å². The molecule has 1 aromatic rings. The Hall–Kier alpha value is -2.13. The molecule has 25 heavy (non-hydrogen) atoms. The molecule has 0 bridgehead atoms. The molecule has 1 aromatic carbocycles. The lowest BCUT2D eigenvalue weighted by Gasteiger charge is -2.34. The van der Waals surface area contributed by atoms with E-state index in [9.17, 15) is 22.8 Å². The van der Waals surface area contributed by atoms with Crippen molar-refractivity contribution in [2.75, 3.05) is 32.7 Å². The van der Waals surface area contributed by atoms with Crippen LogP contribution in [0.3, 0.4) is 0 Å². The second-order valence-electron chi connectivity index (χ2n) is 5.98. The predicted octanol–water partition coefficient (Wildman–Crippen LogP) is 1.41. The fourth-order valence-corrected chi connectivity index (χ4v) is 2.73. The third-order valence-electron chi connectivity index (χ3n) is 4.04. The number of halogens is 3. The van der Waals surface area contributed by atoms with Gasteiger partial charge in [0.15, 0.2) is 0 Å². The number of benzene rings is 1. The summed E-state index contributed by atoms with van der Waals surface area (Å²) in [7, 11) is 0. The highest BCUT2D eigenvalue weighted by Crippen LogP contribution is 2.29. The van der Waals surface area contributed by atoms with E-state index in [4.69, 9.17) is 5.73 Å². The number of nitrogens with zero attached hydrogens (tertiary/aromatic N) is 2. The number of carbonyl (C=O) groups excluding carboxylic acids is 2. The van der Waals surface area contributed by atoms with Gasteiger partial charge in [0.25, 0.3) is 0 Å². The van der Waals surface area contributed by atoms with Crippen LogP contribution < -0.4 is 11.1 Å². The highest BCUT2D eigenvalue weighted by Gasteiger charge is 2.30. The van der Waals surface area contributed by atoms with E-state index in [2.05, 4.69) is 9.80 Å². The van der Waals surface area contributed by atoms with Crippen LogP contribution in [0.2, 0.25) is 0 Å². The fourth-order valence-electron chi connectivity index (χ4n) is 2.73. The summed E-state index contributed by atoms with van der Waals surface area (Å²) in [6.45, 7) is 3.80. The first-order valence-electron chi connectivity index (χ1n) is 7.94. The van der Waals surface area contributed by atoms with Gasteiger partial charge in [-0.15, -0.1) is 0 Å². The molecule has 1 fully saturated rings. The third-order valence-corrected chi connectivity index (χ3v) is 4.04. The monoisotopic (exact) mass is 358 g/mol. The molecule has 3 N–H and O–H groups in total. The molecule has 1 aliphatic rings. The van der Waals surface area contributed by atoms with Crippen molar-refractivity contribution in [3.05, 3.63) is 35.4 Å². The van der Waals surface area contributed by atoms with Crippen LogP contribution in [0.15, 0.2) is 24.3 Å².